The Morgan fingerprint density at radius 2 is 1.85 bits per heavy atom. The molecule has 0 amide bonds. The normalized spacial score (nSPS) is 25.4. The van der Waals surface area contributed by atoms with Crippen LogP contribution in [0.3, 0.4) is 0 Å². The lowest BCUT2D eigenvalue weighted by molar-refractivity contribution is -0.180. The first-order valence-electron chi connectivity index (χ1n) is 10.7. The van der Waals surface area contributed by atoms with Crippen molar-refractivity contribution in [3.63, 3.8) is 0 Å². The van der Waals surface area contributed by atoms with Crippen molar-refractivity contribution in [2.45, 2.75) is 84.8 Å². The van der Waals surface area contributed by atoms with Gasteiger partial charge >= 0.3 is 5.97 Å². The predicted octanol–water partition coefficient (Wildman–Crippen LogP) is 5.70. The fourth-order valence-corrected chi connectivity index (χ4v) is 4.33. The van der Waals surface area contributed by atoms with E-state index in [9.17, 15) is 9.90 Å². The first kappa shape index (κ1) is 21.9. The molecule has 0 aliphatic heterocycles. The van der Waals surface area contributed by atoms with E-state index in [2.05, 4.69) is 34.6 Å². The van der Waals surface area contributed by atoms with Crippen molar-refractivity contribution >= 4 is 5.97 Å². The van der Waals surface area contributed by atoms with Gasteiger partial charge < -0.3 is 9.84 Å². The molecule has 27 heavy (non-hydrogen) atoms. The Balaban J connectivity index is 2.19. The van der Waals surface area contributed by atoms with Crippen LogP contribution in [0.4, 0.5) is 0 Å². The van der Waals surface area contributed by atoms with Crippen molar-refractivity contribution in [1.29, 1.82) is 0 Å². The second kappa shape index (κ2) is 9.73. The summed E-state index contributed by atoms with van der Waals surface area (Å²) in [6.07, 6.45) is 5.27. The number of hydrogen-bond acceptors (Lipinski definition) is 3. The van der Waals surface area contributed by atoms with Crippen molar-refractivity contribution in [1.82, 2.24) is 0 Å². The molecule has 1 aliphatic carbocycles. The van der Waals surface area contributed by atoms with Gasteiger partial charge in [0, 0.05) is 0 Å². The molecule has 0 bridgehead atoms. The van der Waals surface area contributed by atoms with E-state index in [1.54, 1.807) is 0 Å². The van der Waals surface area contributed by atoms with E-state index in [-0.39, 0.29) is 6.10 Å². The van der Waals surface area contributed by atoms with Crippen molar-refractivity contribution in [3.05, 3.63) is 35.9 Å². The molecule has 0 radical (unpaired) electrons. The number of carbonyl (C=O) groups is 1. The van der Waals surface area contributed by atoms with Gasteiger partial charge in [-0.25, -0.2) is 4.79 Å². The molecular weight excluding hydrogens is 336 g/mol. The van der Waals surface area contributed by atoms with Crippen LogP contribution < -0.4 is 0 Å². The third kappa shape index (κ3) is 5.81. The lowest BCUT2D eigenvalue weighted by atomic mass is 9.75. The average Bonchev–Trinajstić information content (AvgIpc) is 2.61. The monoisotopic (exact) mass is 374 g/mol. The van der Waals surface area contributed by atoms with Gasteiger partial charge in [0.15, 0.2) is 5.60 Å². The Morgan fingerprint density at radius 3 is 2.44 bits per heavy atom. The standard InChI is InChI=1S/C24H38O3/c1-17(2)10-9-15-24(26,20-11-7-6-8-12-20)23(25)27-22-16-19(5)13-14-21(22)18(3)4/h6-8,11-12,17-19,21-22,26H,9-10,13-16H2,1-5H3/t19-,21+,22-,24-/m1/s1. The highest BCUT2D eigenvalue weighted by Crippen LogP contribution is 2.37. The molecule has 1 N–H and O–H groups in total. The van der Waals surface area contributed by atoms with Crippen LogP contribution in [0.1, 0.15) is 78.7 Å². The number of rotatable bonds is 8. The summed E-state index contributed by atoms with van der Waals surface area (Å²) in [6, 6.07) is 9.31. The lowest BCUT2D eigenvalue weighted by Crippen LogP contribution is -2.43. The van der Waals surface area contributed by atoms with E-state index in [1.807, 2.05) is 30.3 Å². The third-order valence-corrected chi connectivity index (χ3v) is 6.13. The summed E-state index contributed by atoms with van der Waals surface area (Å²) in [7, 11) is 0. The van der Waals surface area contributed by atoms with Gasteiger partial charge in [0.05, 0.1) is 0 Å². The first-order chi connectivity index (χ1) is 12.7. The Hall–Kier alpha value is -1.35. The minimum Gasteiger partial charge on any atom is -0.460 e. The van der Waals surface area contributed by atoms with Crippen LogP contribution in [0.15, 0.2) is 30.3 Å². The fourth-order valence-electron chi connectivity index (χ4n) is 4.33. The Kier molecular flexibility index (Phi) is 7.91. The zero-order valence-electron chi connectivity index (χ0n) is 17.8. The molecule has 0 saturated heterocycles. The Bertz CT molecular complexity index is 581. The maximum Gasteiger partial charge on any atom is 0.343 e. The van der Waals surface area contributed by atoms with Gasteiger partial charge in [-0.05, 0) is 54.9 Å². The van der Waals surface area contributed by atoms with E-state index < -0.39 is 11.6 Å². The minimum atomic E-state index is -1.56. The van der Waals surface area contributed by atoms with Crippen LogP contribution >= 0.6 is 0 Å². The van der Waals surface area contributed by atoms with Crippen molar-refractivity contribution in [3.8, 4) is 0 Å². The van der Waals surface area contributed by atoms with Crippen LogP contribution in [0.2, 0.25) is 0 Å². The summed E-state index contributed by atoms with van der Waals surface area (Å²) in [5.74, 6) is 1.48. The average molecular weight is 375 g/mol. The van der Waals surface area contributed by atoms with E-state index in [0.29, 0.717) is 35.7 Å². The molecule has 3 heteroatoms. The number of esters is 1. The van der Waals surface area contributed by atoms with E-state index >= 15 is 0 Å². The van der Waals surface area contributed by atoms with Gasteiger partial charge in [-0.15, -0.1) is 0 Å². The molecular formula is C24H38O3. The fraction of sp³-hybridized carbons (Fsp3) is 0.708. The van der Waals surface area contributed by atoms with Gasteiger partial charge in [0.25, 0.3) is 0 Å². The summed E-state index contributed by atoms with van der Waals surface area (Å²) in [5, 5.41) is 11.4. The smallest absolute Gasteiger partial charge is 0.343 e. The Labute approximate surface area is 165 Å². The minimum absolute atomic E-state index is 0.0958. The molecule has 1 aromatic rings. The van der Waals surface area contributed by atoms with Gasteiger partial charge in [-0.1, -0.05) is 77.8 Å². The maximum atomic E-state index is 13.2. The predicted molar refractivity (Wildman–Crippen MR) is 110 cm³/mol. The quantitative estimate of drug-likeness (QED) is 0.593. The van der Waals surface area contributed by atoms with Gasteiger partial charge in [0.2, 0.25) is 0 Å². The summed E-state index contributed by atoms with van der Waals surface area (Å²) in [6.45, 7) is 11.0. The molecule has 1 aliphatic rings. The molecule has 0 spiro atoms. The summed E-state index contributed by atoms with van der Waals surface area (Å²) >= 11 is 0. The zero-order valence-corrected chi connectivity index (χ0v) is 17.8. The second-order valence-electron chi connectivity index (χ2n) is 9.28. The van der Waals surface area contributed by atoms with E-state index in [4.69, 9.17) is 4.74 Å². The third-order valence-electron chi connectivity index (χ3n) is 6.13. The van der Waals surface area contributed by atoms with Crippen molar-refractivity contribution < 1.29 is 14.6 Å². The molecule has 2 rings (SSSR count). The highest BCUT2D eigenvalue weighted by Gasteiger charge is 2.42. The second-order valence-corrected chi connectivity index (χ2v) is 9.28. The van der Waals surface area contributed by atoms with Crippen molar-refractivity contribution in [2.75, 3.05) is 0 Å². The maximum absolute atomic E-state index is 13.2. The lowest BCUT2D eigenvalue weighted by Gasteiger charge is -2.38. The van der Waals surface area contributed by atoms with Gasteiger partial charge in [0.1, 0.15) is 6.10 Å². The topological polar surface area (TPSA) is 46.5 Å². The van der Waals surface area contributed by atoms with Crippen LogP contribution in [0.5, 0.6) is 0 Å². The summed E-state index contributed by atoms with van der Waals surface area (Å²) in [5.41, 5.74) is -0.915. The Morgan fingerprint density at radius 1 is 1.19 bits per heavy atom. The molecule has 3 nitrogen and oxygen atoms in total. The number of benzene rings is 1. The molecule has 0 heterocycles. The summed E-state index contributed by atoms with van der Waals surface area (Å²) < 4.78 is 6.02. The van der Waals surface area contributed by atoms with Gasteiger partial charge in [-0.3, -0.25) is 0 Å². The molecule has 4 atom stereocenters. The van der Waals surface area contributed by atoms with Crippen LogP contribution in [0.25, 0.3) is 0 Å². The highest BCUT2D eigenvalue weighted by molar-refractivity contribution is 5.81. The largest absolute Gasteiger partial charge is 0.460 e. The van der Waals surface area contributed by atoms with E-state index in [0.717, 1.165) is 25.7 Å². The highest BCUT2D eigenvalue weighted by atomic mass is 16.6. The molecule has 1 aromatic carbocycles. The van der Waals surface area contributed by atoms with Crippen molar-refractivity contribution in [2.24, 2.45) is 23.7 Å². The molecule has 1 fully saturated rings. The number of ether oxygens (including phenoxy) is 1. The van der Waals surface area contributed by atoms with Gasteiger partial charge in [-0.2, -0.15) is 0 Å². The van der Waals surface area contributed by atoms with Crippen LogP contribution in [-0.2, 0) is 15.1 Å². The van der Waals surface area contributed by atoms with Crippen LogP contribution in [0, 0.1) is 23.7 Å². The number of aliphatic hydroxyl groups is 1. The molecule has 0 aromatic heterocycles. The summed E-state index contributed by atoms with van der Waals surface area (Å²) in [4.78, 5) is 13.2. The first-order valence-corrected chi connectivity index (χ1v) is 10.7. The number of carbonyl (C=O) groups excluding carboxylic acids is 1. The molecule has 0 unspecified atom stereocenters. The molecule has 152 valence electrons. The SMILES string of the molecule is CC(C)CCC[C@](O)(C(=O)O[C@@H]1C[C@H](C)CC[C@H]1C(C)C)c1ccccc1. The van der Waals surface area contributed by atoms with Crippen LogP contribution in [-0.4, -0.2) is 17.2 Å². The molecule has 1 saturated carbocycles. The number of hydrogen-bond donors (Lipinski definition) is 1. The van der Waals surface area contributed by atoms with E-state index in [1.165, 1.54) is 6.42 Å². The zero-order chi connectivity index (χ0) is 20.0.